The average molecular weight is 276 g/mol. The third-order valence-corrected chi connectivity index (χ3v) is 3.77. The van der Waals surface area contributed by atoms with Crippen molar-refractivity contribution in [2.75, 3.05) is 6.54 Å². The molecule has 0 aliphatic heterocycles. The van der Waals surface area contributed by atoms with Crippen LogP contribution in [0.2, 0.25) is 0 Å². The van der Waals surface area contributed by atoms with Crippen LogP contribution in [-0.2, 0) is 11.3 Å². The zero-order chi connectivity index (χ0) is 14.5. The lowest BCUT2D eigenvalue weighted by molar-refractivity contribution is -0.138. The minimum atomic E-state index is -0.969. The molecule has 1 fully saturated rings. The molecule has 1 aliphatic rings. The SMILES string of the molecule is NCc1ccc(C(=O)N(CC(=O)O)C2CCCC2)cc1. The molecule has 5 nitrogen and oxygen atoms in total. The molecule has 0 bridgehead atoms. The van der Waals surface area contributed by atoms with E-state index in [4.69, 9.17) is 10.8 Å². The van der Waals surface area contributed by atoms with Crippen molar-refractivity contribution < 1.29 is 14.7 Å². The maximum Gasteiger partial charge on any atom is 0.323 e. The molecule has 0 unspecified atom stereocenters. The van der Waals surface area contributed by atoms with E-state index in [1.165, 1.54) is 4.90 Å². The smallest absolute Gasteiger partial charge is 0.323 e. The monoisotopic (exact) mass is 276 g/mol. The summed E-state index contributed by atoms with van der Waals surface area (Å²) >= 11 is 0. The summed E-state index contributed by atoms with van der Waals surface area (Å²) in [6.45, 7) is 0.193. The van der Waals surface area contributed by atoms with Gasteiger partial charge in [-0.15, -0.1) is 0 Å². The lowest BCUT2D eigenvalue weighted by atomic mass is 10.1. The van der Waals surface area contributed by atoms with Gasteiger partial charge in [-0.2, -0.15) is 0 Å². The van der Waals surface area contributed by atoms with Crippen LogP contribution in [0.1, 0.15) is 41.6 Å². The van der Waals surface area contributed by atoms with Crippen molar-refractivity contribution in [2.24, 2.45) is 5.73 Å². The Hall–Kier alpha value is -1.88. The fourth-order valence-corrected chi connectivity index (χ4v) is 2.68. The van der Waals surface area contributed by atoms with E-state index in [2.05, 4.69) is 0 Å². The largest absolute Gasteiger partial charge is 0.480 e. The number of hydrogen-bond acceptors (Lipinski definition) is 3. The second kappa shape index (κ2) is 6.52. The molecule has 1 aromatic carbocycles. The van der Waals surface area contributed by atoms with E-state index in [1.807, 2.05) is 0 Å². The van der Waals surface area contributed by atoms with Crippen LogP contribution >= 0.6 is 0 Å². The Bertz CT molecular complexity index is 478. The normalized spacial score (nSPS) is 15.2. The van der Waals surface area contributed by atoms with Crippen molar-refractivity contribution in [3.8, 4) is 0 Å². The number of hydrogen-bond donors (Lipinski definition) is 2. The van der Waals surface area contributed by atoms with E-state index in [-0.39, 0.29) is 18.5 Å². The van der Waals surface area contributed by atoms with Gasteiger partial charge in [0, 0.05) is 18.2 Å². The molecule has 0 spiro atoms. The van der Waals surface area contributed by atoms with Crippen LogP contribution < -0.4 is 5.73 Å². The summed E-state index contributed by atoms with van der Waals surface area (Å²) in [4.78, 5) is 25.0. The first-order valence-corrected chi connectivity index (χ1v) is 6.93. The molecule has 20 heavy (non-hydrogen) atoms. The van der Waals surface area contributed by atoms with Crippen LogP contribution in [0.15, 0.2) is 24.3 Å². The number of benzene rings is 1. The Balaban J connectivity index is 2.17. The van der Waals surface area contributed by atoms with Gasteiger partial charge >= 0.3 is 5.97 Å². The van der Waals surface area contributed by atoms with Crippen molar-refractivity contribution in [1.29, 1.82) is 0 Å². The van der Waals surface area contributed by atoms with Crippen molar-refractivity contribution >= 4 is 11.9 Å². The molecule has 0 radical (unpaired) electrons. The van der Waals surface area contributed by atoms with Crippen molar-refractivity contribution in [1.82, 2.24) is 4.90 Å². The van der Waals surface area contributed by atoms with Gasteiger partial charge in [-0.25, -0.2) is 0 Å². The molecule has 3 N–H and O–H groups in total. The standard InChI is InChI=1S/C15H20N2O3/c16-9-11-5-7-12(8-6-11)15(20)17(10-14(18)19)13-3-1-2-4-13/h5-8,13H,1-4,9-10,16H2,(H,18,19). The molecule has 5 heteroatoms. The molecule has 2 rings (SSSR count). The Labute approximate surface area is 118 Å². The van der Waals surface area contributed by atoms with Gasteiger partial charge in [0.15, 0.2) is 0 Å². The highest BCUT2D eigenvalue weighted by atomic mass is 16.4. The van der Waals surface area contributed by atoms with Crippen molar-refractivity contribution in [3.63, 3.8) is 0 Å². The average Bonchev–Trinajstić information content (AvgIpc) is 2.98. The summed E-state index contributed by atoms with van der Waals surface area (Å²) in [6.07, 6.45) is 3.89. The Morgan fingerprint density at radius 2 is 1.80 bits per heavy atom. The number of carboxylic acid groups (broad SMARTS) is 1. The van der Waals surface area contributed by atoms with E-state index >= 15 is 0 Å². The Morgan fingerprint density at radius 1 is 1.20 bits per heavy atom. The maximum atomic E-state index is 12.5. The summed E-state index contributed by atoms with van der Waals surface area (Å²) in [5.74, 6) is -1.17. The third-order valence-electron chi connectivity index (χ3n) is 3.77. The van der Waals surface area contributed by atoms with E-state index in [9.17, 15) is 9.59 Å². The van der Waals surface area contributed by atoms with Gasteiger partial charge in [-0.1, -0.05) is 25.0 Å². The Kier molecular flexibility index (Phi) is 4.74. The van der Waals surface area contributed by atoms with Crippen LogP contribution in [0.5, 0.6) is 0 Å². The zero-order valence-electron chi connectivity index (χ0n) is 11.4. The second-order valence-electron chi connectivity index (χ2n) is 5.17. The number of amides is 1. The maximum absolute atomic E-state index is 12.5. The summed E-state index contributed by atoms with van der Waals surface area (Å²) in [6, 6.07) is 7.09. The van der Waals surface area contributed by atoms with E-state index < -0.39 is 5.97 Å². The second-order valence-corrected chi connectivity index (χ2v) is 5.17. The van der Waals surface area contributed by atoms with Crippen LogP contribution in [-0.4, -0.2) is 34.5 Å². The van der Waals surface area contributed by atoms with Crippen LogP contribution in [0.3, 0.4) is 0 Å². The number of nitrogens with two attached hydrogens (primary N) is 1. The lowest BCUT2D eigenvalue weighted by Gasteiger charge is -2.27. The Morgan fingerprint density at radius 3 is 2.30 bits per heavy atom. The molecule has 1 amide bonds. The highest BCUT2D eigenvalue weighted by Gasteiger charge is 2.28. The molecule has 1 aliphatic carbocycles. The first-order valence-electron chi connectivity index (χ1n) is 6.93. The minimum absolute atomic E-state index is 0.0489. The molecular formula is C15H20N2O3. The number of carbonyl (C=O) groups is 2. The molecule has 0 saturated heterocycles. The van der Waals surface area contributed by atoms with Crippen molar-refractivity contribution in [3.05, 3.63) is 35.4 Å². The molecule has 1 aromatic rings. The summed E-state index contributed by atoms with van der Waals surface area (Å²) in [5, 5.41) is 9.01. The minimum Gasteiger partial charge on any atom is -0.480 e. The topological polar surface area (TPSA) is 83.6 Å². The molecule has 0 atom stereocenters. The predicted molar refractivity (Wildman–Crippen MR) is 75.3 cm³/mol. The van der Waals surface area contributed by atoms with Gasteiger partial charge in [0.1, 0.15) is 6.54 Å². The molecular weight excluding hydrogens is 256 g/mol. The number of carbonyl (C=O) groups excluding carboxylic acids is 1. The predicted octanol–water partition coefficient (Wildman–Crippen LogP) is 1.61. The summed E-state index contributed by atoms with van der Waals surface area (Å²) < 4.78 is 0. The first kappa shape index (κ1) is 14.5. The van der Waals surface area contributed by atoms with Crippen molar-refractivity contribution in [2.45, 2.75) is 38.3 Å². The number of carboxylic acids is 1. The number of rotatable bonds is 5. The van der Waals surface area contributed by atoms with Crippen LogP contribution in [0, 0.1) is 0 Å². The summed E-state index contributed by atoms with van der Waals surface area (Å²) in [5.41, 5.74) is 7.00. The fraction of sp³-hybridized carbons (Fsp3) is 0.467. The van der Waals surface area contributed by atoms with Gasteiger partial charge in [0.2, 0.25) is 0 Å². The fourth-order valence-electron chi connectivity index (χ4n) is 2.68. The molecule has 108 valence electrons. The third kappa shape index (κ3) is 3.36. The van der Waals surface area contributed by atoms with E-state index in [0.29, 0.717) is 12.1 Å². The zero-order valence-corrected chi connectivity index (χ0v) is 11.4. The van der Waals surface area contributed by atoms with E-state index in [1.54, 1.807) is 24.3 Å². The summed E-state index contributed by atoms with van der Waals surface area (Å²) in [7, 11) is 0. The van der Waals surface area contributed by atoms with Gasteiger partial charge in [0.25, 0.3) is 5.91 Å². The first-order chi connectivity index (χ1) is 9.61. The molecule has 0 aromatic heterocycles. The quantitative estimate of drug-likeness (QED) is 0.856. The number of nitrogens with zero attached hydrogens (tertiary/aromatic N) is 1. The van der Waals surface area contributed by atoms with Gasteiger partial charge in [0.05, 0.1) is 0 Å². The molecule has 1 saturated carbocycles. The van der Waals surface area contributed by atoms with Crippen LogP contribution in [0.4, 0.5) is 0 Å². The van der Waals surface area contributed by atoms with Gasteiger partial charge < -0.3 is 15.7 Å². The highest BCUT2D eigenvalue weighted by Crippen LogP contribution is 2.24. The lowest BCUT2D eigenvalue weighted by Crippen LogP contribution is -2.42. The van der Waals surface area contributed by atoms with E-state index in [0.717, 1.165) is 31.2 Å². The van der Waals surface area contributed by atoms with Crippen LogP contribution in [0.25, 0.3) is 0 Å². The molecule has 0 heterocycles. The number of aliphatic carboxylic acids is 1. The highest BCUT2D eigenvalue weighted by molar-refractivity contribution is 5.96. The van der Waals surface area contributed by atoms with Gasteiger partial charge in [-0.05, 0) is 30.5 Å². The van der Waals surface area contributed by atoms with Gasteiger partial charge in [-0.3, -0.25) is 9.59 Å².